The predicted octanol–water partition coefficient (Wildman–Crippen LogP) is 1.14. The molecule has 0 bridgehead atoms. The summed E-state index contributed by atoms with van der Waals surface area (Å²) in [7, 11) is 0. The van der Waals surface area contributed by atoms with Crippen LogP contribution in [-0.2, 0) is 6.54 Å². The molecule has 0 atom stereocenters. The Morgan fingerprint density at radius 3 is 2.95 bits per heavy atom. The minimum Gasteiger partial charge on any atom is -0.335 e. The van der Waals surface area contributed by atoms with Crippen LogP contribution < -0.4 is 11.1 Å². The van der Waals surface area contributed by atoms with Gasteiger partial charge in [-0.25, -0.2) is 9.37 Å². The number of nitro groups is 1. The Hall–Kier alpha value is -2.81. The first-order valence-corrected chi connectivity index (χ1v) is 5.98. The Balaban J connectivity index is 2.20. The van der Waals surface area contributed by atoms with E-state index in [0.29, 0.717) is 13.1 Å². The molecule has 0 aliphatic carbocycles. The van der Waals surface area contributed by atoms with Gasteiger partial charge in [0, 0.05) is 19.3 Å². The van der Waals surface area contributed by atoms with Crippen molar-refractivity contribution in [3.05, 3.63) is 52.3 Å². The van der Waals surface area contributed by atoms with Crippen LogP contribution in [0.4, 0.5) is 15.8 Å². The van der Waals surface area contributed by atoms with E-state index in [2.05, 4.69) is 10.3 Å². The lowest BCUT2D eigenvalue weighted by Gasteiger charge is -2.04. The lowest BCUT2D eigenvalue weighted by molar-refractivity contribution is -0.384. The molecule has 0 saturated carbocycles. The Morgan fingerprint density at radius 1 is 1.52 bits per heavy atom. The summed E-state index contributed by atoms with van der Waals surface area (Å²) >= 11 is 0. The summed E-state index contributed by atoms with van der Waals surface area (Å²) in [5.41, 5.74) is 4.84. The summed E-state index contributed by atoms with van der Waals surface area (Å²) in [5, 5.41) is 13.2. The van der Waals surface area contributed by atoms with Crippen molar-refractivity contribution in [3.8, 4) is 0 Å². The monoisotopic (exact) mass is 293 g/mol. The molecule has 0 fully saturated rings. The number of aromatic nitrogens is 2. The maximum Gasteiger partial charge on any atom is 0.295 e. The molecule has 0 saturated heterocycles. The lowest BCUT2D eigenvalue weighted by atomic mass is 10.2. The summed E-state index contributed by atoms with van der Waals surface area (Å²) in [6.07, 6.45) is 2.90. The highest BCUT2D eigenvalue weighted by Gasteiger charge is 2.18. The third-order valence-corrected chi connectivity index (χ3v) is 2.66. The Morgan fingerprint density at radius 2 is 2.29 bits per heavy atom. The molecule has 3 N–H and O–H groups in total. The zero-order chi connectivity index (χ0) is 15.4. The maximum atomic E-state index is 13.0. The number of carbonyl (C=O) groups is 1. The van der Waals surface area contributed by atoms with Gasteiger partial charge in [0.1, 0.15) is 17.2 Å². The SMILES string of the molecule is NCCn1cnc(C(=O)Nc2ccc(F)cc2[N+](=O)[O-])c1. The van der Waals surface area contributed by atoms with E-state index < -0.39 is 22.3 Å². The zero-order valence-corrected chi connectivity index (χ0v) is 10.8. The second kappa shape index (κ2) is 6.09. The molecular formula is C12H12FN5O3. The fraction of sp³-hybridized carbons (Fsp3) is 0.167. The summed E-state index contributed by atoms with van der Waals surface area (Å²) in [6, 6.07) is 2.89. The van der Waals surface area contributed by atoms with Crippen LogP contribution in [0.1, 0.15) is 10.5 Å². The number of rotatable bonds is 5. The van der Waals surface area contributed by atoms with E-state index in [0.717, 1.165) is 18.2 Å². The van der Waals surface area contributed by atoms with E-state index in [1.54, 1.807) is 4.57 Å². The van der Waals surface area contributed by atoms with E-state index >= 15 is 0 Å². The first-order chi connectivity index (χ1) is 10.0. The molecule has 1 heterocycles. The quantitative estimate of drug-likeness (QED) is 0.633. The largest absolute Gasteiger partial charge is 0.335 e. The maximum absolute atomic E-state index is 13.0. The van der Waals surface area contributed by atoms with Crippen LogP contribution in [0.3, 0.4) is 0 Å². The van der Waals surface area contributed by atoms with Gasteiger partial charge in [-0.2, -0.15) is 0 Å². The molecule has 1 aromatic carbocycles. The molecule has 0 unspecified atom stereocenters. The van der Waals surface area contributed by atoms with Gasteiger partial charge in [-0.15, -0.1) is 0 Å². The number of carbonyl (C=O) groups excluding carboxylic acids is 1. The number of anilines is 1. The van der Waals surface area contributed by atoms with Gasteiger partial charge in [-0.05, 0) is 12.1 Å². The number of nitrogens with one attached hydrogen (secondary N) is 1. The Bertz CT molecular complexity index is 685. The minimum atomic E-state index is -0.772. The van der Waals surface area contributed by atoms with E-state index in [9.17, 15) is 19.3 Å². The first-order valence-electron chi connectivity index (χ1n) is 5.98. The van der Waals surface area contributed by atoms with Crippen molar-refractivity contribution >= 4 is 17.3 Å². The highest BCUT2D eigenvalue weighted by molar-refractivity contribution is 6.03. The molecule has 2 rings (SSSR count). The van der Waals surface area contributed by atoms with Gasteiger partial charge in [-0.1, -0.05) is 0 Å². The molecule has 21 heavy (non-hydrogen) atoms. The number of imidazole rings is 1. The van der Waals surface area contributed by atoms with Crippen molar-refractivity contribution in [1.82, 2.24) is 9.55 Å². The van der Waals surface area contributed by atoms with Crippen LogP contribution in [0, 0.1) is 15.9 Å². The van der Waals surface area contributed by atoms with E-state index in [-0.39, 0.29) is 11.4 Å². The van der Waals surface area contributed by atoms with Gasteiger partial charge in [0.05, 0.1) is 17.3 Å². The Kier molecular flexibility index (Phi) is 4.24. The zero-order valence-electron chi connectivity index (χ0n) is 10.8. The Labute approximate surface area is 118 Å². The van der Waals surface area contributed by atoms with Crippen LogP contribution >= 0.6 is 0 Å². The molecule has 0 aliphatic rings. The van der Waals surface area contributed by atoms with Gasteiger partial charge in [0.2, 0.25) is 0 Å². The number of amides is 1. The fourth-order valence-electron chi connectivity index (χ4n) is 1.70. The fourth-order valence-corrected chi connectivity index (χ4v) is 1.70. The minimum absolute atomic E-state index is 0.0853. The van der Waals surface area contributed by atoms with Crippen LogP contribution in [0.2, 0.25) is 0 Å². The van der Waals surface area contributed by atoms with Gasteiger partial charge < -0.3 is 15.6 Å². The van der Waals surface area contributed by atoms with Gasteiger partial charge in [0.15, 0.2) is 0 Å². The highest BCUT2D eigenvalue weighted by Crippen LogP contribution is 2.25. The second-order valence-electron chi connectivity index (χ2n) is 4.16. The number of nitro benzene ring substituents is 1. The van der Waals surface area contributed by atoms with Crippen molar-refractivity contribution in [2.45, 2.75) is 6.54 Å². The molecule has 8 nitrogen and oxygen atoms in total. The third kappa shape index (κ3) is 3.39. The molecule has 0 spiro atoms. The second-order valence-corrected chi connectivity index (χ2v) is 4.16. The number of hydrogen-bond acceptors (Lipinski definition) is 5. The molecule has 1 amide bonds. The predicted molar refractivity (Wildman–Crippen MR) is 72.3 cm³/mol. The van der Waals surface area contributed by atoms with Gasteiger partial charge >= 0.3 is 0 Å². The van der Waals surface area contributed by atoms with Crippen molar-refractivity contribution in [3.63, 3.8) is 0 Å². The molecule has 0 aliphatic heterocycles. The summed E-state index contributed by atoms with van der Waals surface area (Å²) in [5.74, 6) is -1.38. The normalized spacial score (nSPS) is 10.4. The number of benzene rings is 1. The number of hydrogen-bond donors (Lipinski definition) is 2. The highest BCUT2D eigenvalue weighted by atomic mass is 19.1. The van der Waals surface area contributed by atoms with Gasteiger partial charge in [0.25, 0.3) is 11.6 Å². The number of nitrogens with two attached hydrogens (primary N) is 1. The summed E-state index contributed by atoms with van der Waals surface area (Å²) in [4.78, 5) is 25.9. The van der Waals surface area contributed by atoms with E-state index in [1.807, 2.05) is 0 Å². The molecular weight excluding hydrogens is 281 g/mol. The number of nitrogens with zero attached hydrogens (tertiary/aromatic N) is 3. The molecule has 1 aromatic heterocycles. The molecule has 9 heteroatoms. The third-order valence-electron chi connectivity index (χ3n) is 2.66. The average Bonchev–Trinajstić information content (AvgIpc) is 2.89. The standard InChI is InChI=1S/C12H12FN5O3/c13-8-1-2-9(11(5-8)18(20)21)16-12(19)10-6-17(4-3-14)7-15-10/h1-2,5-7H,3-4,14H2,(H,16,19). The van der Waals surface area contributed by atoms with Crippen LogP contribution in [0.15, 0.2) is 30.7 Å². The average molecular weight is 293 g/mol. The first kappa shape index (κ1) is 14.6. The van der Waals surface area contributed by atoms with Crippen molar-refractivity contribution in [2.75, 3.05) is 11.9 Å². The van der Waals surface area contributed by atoms with Crippen LogP contribution in [0.5, 0.6) is 0 Å². The molecule has 0 radical (unpaired) electrons. The number of halogens is 1. The van der Waals surface area contributed by atoms with Crippen molar-refractivity contribution < 1.29 is 14.1 Å². The van der Waals surface area contributed by atoms with Crippen LogP contribution in [-0.4, -0.2) is 26.9 Å². The molecule has 110 valence electrons. The summed E-state index contributed by atoms with van der Waals surface area (Å²) in [6.45, 7) is 0.887. The summed E-state index contributed by atoms with van der Waals surface area (Å²) < 4.78 is 14.6. The lowest BCUT2D eigenvalue weighted by Crippen LogP contribution is -2.14. The van der Waals surface area contributed by atoms with Crippen molar-refractivity contribution in [2.24, 2.45) is 5.73 Å². The molecule has 2 aromatic rings. The van der Waals surface area contributed by atoms with E-state index in [4.69, 9.17) is 5.73 Å². The topological polar surface area (TPSA) is 116 Å². The van der Waals surface area contributed by atoms with Gasteiger partial charge in [-0.3, -0.25) is 14.9 Å². The smallest absolute Gasteiger partial charge is 0.295 e. The van der Waals surface area contributed by atoms with Crippen LogP contribution in [0.25, 0.3) is 0 Å². The van der Waals surface area contributed by atoms with E-state index in [1.165, 1.54) is 12.5 Å². The van der Waals surface area contributed by atoms with Crippen molar-refractivity contribution in [1.29, 1.82) is 0 Å².